The fraction of sp³-hybridized carbons (Fsp3) is 0.0851. The zero-order chi connectivity index (χ0) is 33.2. The zero-order valence-corrected chi connectivity index (χ0v) is 27.9. The van der Waals surface area contributed by atoms with Crippen LogP contribution in [-0.4, -0.2) is 18.7 Å². The van der Waals surface area contributed by atoms with E-state index >= 15 is 0 Å². The summed E-state index contributed by atoms with van der Waals surface area (Å²) in [6.45, 7) is 0. The SMILES string of the molecule is C1=C(n2c3ccccc3c3c2ccc2c4ccccc4n(-c4ccc5c(c4)c4ccccc4n5-c4ccccc4)c23)c2ncccc2C2CC2C1. The molecule has 2 aliphatic rings. The lowest BCUT2D eigenvalue weighted by Crippen LogP contribution is -2.03. The third-order valence-corrected chi connectivity index (χ3v) is 11.7. The van der Waals surface area contributed by atoms with E-state index < -0.39 is 0 Å². The van der Waals surface area contributed by atoms with Gasteiger partial charge in [0.15, 0.2) is 0 Å². The Morgan fingerprint density at radius 2 is 1.16 bits per heavy atom. The summed E-state index contributed by atoms with van der Waals surface area (Å²) in [6.07, 6.45) is 6.78. The van der Waals surface area contributed by atoms with Gasteiger partial charge in [0.05, 0.1) is 44.5 Å². The standard InChI is InChI=1S/C47H32N4/c1-2-11-30(12-3-1)49-39-17-7-5-14-33(39)38-28-31(21-24-42(38)49)50-40-18-8-4-13-32(40)35-22-25-43-45(47(35)50)36-15-6-9-19-41(36)51(43)44-23-20-29-27-37(29)34-16-10-26-48-46(34)44/h1-19,21-26,28-29,37H,20,27H2. The lowest BCUT2D eigenvalue weighted by Gasteiger charge is -2.15. The number of allylic oxidation sites excluding steroid dienone is 1. The average molecular weight is 653 g/mol. The van der Waals surface area contributed by atoms with Crippen molar-refractivity contribution >= 4 is 71.1 Å². The van der Waals surface area contributed by atoms with Gasteiger partial charge in [-0.15, -0.1) is 0 Å². The molecular formula is C47H32N4. The van der Waals surface area contributed by atoms with Crippen molar-refractivity contribution in [1.82, 2.24) is 18.7 Å². The monoisotopic (exact) mass is 652 g/mol. The van der Waals surface area contributed by atoms with Crippen LogP contribution in [0.4, 0.5) is 0 Å². The quantitative estimate of drug-likeness (QED) is 0.187. The Morgan fingerprint density at radius 1 is 0.490 bits per heavy atom. The van der Waals surface area contributed by atoms with Gasteiger partial charge in [-0.05, 0) is 90.9 Å². The molecule has 10 aromatic rings. The molecule has 240 valence electrons. The Hall–Kier alpha value is -6.39. The second-order valence-electron chi connectivity index (χ2n) is 14.3. The highest BCUT2D eigenvalue weighted by atomic mass is 15.0. The summed E-state index contributed by atoms with van der Waals surface area (Å²) in [5, 5.41) is 7.57. The van der Waals surface area contributed by atoms with Crippen LogP contribution in [0.5, 0.6) is 0 Å². The summed E-state index contributed by atoms with van der Waals surface area (Å²) in [5.41, 5.74) is 13.4. The predicted molar refractivity (Wildman–Crippen MR) is 211 cm³/mol. The summed E-state index contributed by atoms with van der Waals surface area (Å²) in [4.78, 5) is 5.05. The maximum atomic E-state index is 5.05. The van der Waals surface area contributed by atoms with Crippen LogP contribution in [-0.2, 0) is 0 Å². The molecule has 4 aromatic heterocycles. The Bertz CT molecular complexity index is 3100. The van der Waals surface area contributed by atoms with E-state index in [9.17, 15) is 0 Å². The maximum absolute atomic E-state index is 5.05. The summed E-state index contributed by atoms with van der Waals surface area (Å²) >= 11 is 0. The van der Waals surface area contributed by atoms with E-state index in [-0.39, 0.29) is 0 Å². The third kappa shape index (κ3) is 3.71. The normalized spacial score (nSPS) is 17.0. The predicted octanol–water partition coefficient (Wildman–Crippen LogP) is 11.8. The molecule has 0 bridgehead atoms. The lowest BCUT2D eigenvalue weighted by atomic mass is 10.1. The van der Waals surface area contributed by atoms with Gasteiger partial charge >= 0.3 is 0 Å². The van der Waals surface area contributed by atoms with E-state index in [0.29, 0.717) is 5.92 Å². The van der Waals surface area contributed by atoms with Gasteiger partial charge in [-0.2, -0.15) is 0 Å². The number of hydrogen-bond donors (Lipinski definition) is 0. The molecule has 0 radical (unpaired) electrons. The van der Waals surface area contributed by atoms with Crippen molar-refractivity contribution in [1.29, 1.82) is 0 Å². The molecule has 51 heavy (non-hydrogen) atoms. The van der Waals surface area contributed by atoms with Crippen molar-refractivity contribution in [2.24, 2.45) is 5.92 Å². The molecule has 0 amide bonds. The first-order valence-electron chi connectivity index (χ1n) is 18.0. The molecule has 2 unspecified atom stereocenters. The van der Waals surface area contributed by atoms with Gasteiger partial charge in [0.2, 0.25) is 0 Å². The summed E-state index contributed by atoms with van der Waals surface area (Å²) < 4.78 is 7.41. The van der Waals surface area contributed by atoms with Gasteiger partial charge in [0.1, 0.15) is 0 Å². The van der Waals surface area contributed by atoms with Gasteiger partial charge in [0, 0.05) is 49.9 Å². The van der Waals surface area contributed by atoms with Crippen LogP contribution in [0.1, 0.15) is 30.0 Å². The van der Waals surface area contributed by atoms with Gasteiger partial charge in [-0.25, -0.2) is 0 Å². The van der Waals surface area contributed by atoms with Crippen LogP contribution in [0.25, 0.3) is 82.5 Å². The summed E-state index contributed by atoms with van der Waals surface area (Å²) in [6, 6.07) is 53.5. The van der Waals surface area contributed by atoms with Crippen molar-refractivity contribution in [2.45, 2.75) is 18.8 Å². The number of fused-ring (bicyclic) bond motifs is 13. The first kappa shape index (κ1) is 27.4. The molecule has 4 heteroatoms. The minimum Gasteiger partial charge on any atom is -0.309 e. The number of rotatable bonds is 3. The molecule has 4 nitrogen and oxygen atoms in total. The van der Waals surface area contributed by atoms with Crippen LogP contribution in [0.3, 0.4) is 0 Å². The van der Waals surface area contributed by atoms with Crippen molar-refractivity contribution in [3.05, 3.63) is 169 Å². The molecule has 12 rings (SSSR count). The molecule has 0 aliphatic heterocycles. The van der Waals surface area contributed by atoms with Crippen LogP contribution in [0.2, 0.25) is 0 Å². The molecule has 6 aromatic carbocycles. The van der Waals surface area contributed by atoms with E-state index in [1.54, 1.807) is 0 Å². The van der Waals surface area contributed by atoms with Crippen molar-refractivity contribution in [3.8, 4) is 11.4 Å². The smallest absolute Gasteiger partial charge is 0.0901 e. The van der Waals surface area contributed by atoms with Crippen LogP contribution >= 0.6 is 0 Å². The molecule has 2 aliphatic carbocycles. The minimum atomic E-state index is 0.618. The van der Waals surface area contributed by atoms with Crippen molar-refractivity contribution < 1.29 is 0 Å². The minimum absolute atomic E-state index is 0.618. The lowest BCUT2D eigenvalue weighted by molar-refractivity contribution is 0.825. The van der Waals surface area contributed by atoms with E-state index in [1.165, 1.54) is 88.8 Å². The van der Waals surface area contributed by atoms with E-state index in [2.05, 4.69) is 165 Å². The molecule has 1 saturated carbocycles. The number of para-hydroxylation sites is 4. The molecule has 2 atom stereocenters. The highest BCUT2D eigenvalue weighted by Crippen LogP contribution is 2.54. The summed E-state index contributed by atoms with van der Waals surface area (Å²) in [7, 11) is 0. The summed E-state index contributed by atoms with van der Waals surface area (Å²) in [5.74, 6) is 1.34. The molecule has 0 saturated heterocycles. The second-order valence-corrected chi connectivity index (χ2v) is 14.3. The molecule has 0 N–H and O–H groups in total. The number of aromatic nitrogens is 4. The van der Waals surface area contributed by atoms with Gasteiger partial charge < -0.3 is 13.7 Å². The first-order valence-corrected chi connectivity index (χ1v) is 18.0. The fourth-order valence-electron chi connectivity index (χ4n) is 9.37. The van der Waals surface area contributed by atoms with Crippen molar-refractivity contribution in [3.63, 3.8) is 0 Å². The largest absolute Gasteiger partial charge is 0.309 e. The second kappa shape index (κ2) is 10.1. The topological polar surface area (TPSA) is 27.7 Å². The Labute approximate surface area is 294 Å². The molecular weight excluding hydrogens is 621 g/mol. The van der Waals surface area contributed by atoms with Gasteiger partial charge in [-0.3, -0.25) is 4.98 Å². The fourth-order valence-corrected chi connectivity index (χ4v) is 9.37. The third-order valence-electron chi connectivity index (χ3n) is 11.7. The Kier molecular flexibility index (Phi) is 5.42. The number of nitrogens with zero attached hydrogens (tertiary/aromatic N) is 4. The van der Waals surface area contributed by atoms with Crippen LogP contribution in [0.15, 0.2) is 158 Å². The van der Waals surface area contributed by atoms with E-state index in [1.807, 2.05) is 6.20 Å². The van der Waals surface area contributed by atoms with Gasteiger partial charge in [-0.1, -0.05) is 91.0 Å². The zero-order valence-electron chi connectivity index (χ0n) is 27.9. The molecule has 0 spiro atoms. The number of hydrogen-bond acceptors (Lipinski definition) is 1. The molecule has 1 fully saturated rings. The maximum Gasteiger partial charge on any atom is 0.0901 e. The number of pyridine rings is 1. The average Bonchev–Trinajstić information content (AvgIpc) is 3.69. The Balaban J connectivity index is 1.20. The Morgan fingerprint density at radius 3 is 1.98 bits per heavy atom. The van der Waals surface area contributed by atoms with Crippen LogP contribution in [0, 0.1) is 5.92 Å². The van der Waals surface area contributed by atoms with E-state index in [0.717, 1.165) is 23.7 Å². The highest BCUT2D eigenvalue weighted by molar-refractivity contribution is 6.26. The van der Waals surface area contributed by atoms with Crippen molar-refractivity contribution in [2.75, 3.05) is 0 Å². The van der Waals surface area contributed by atoms with E-state index in [4.69, 9.17) is 4.98 Å². The van der Waals surface area contributed by atoms with Crippen LogP contribution < -0.4 is 0 Å². The highest BCUT2D eigenvalue weighted by Gasteiger charge is 2.41. The first-order chi connectivity index (χ1) is 25.3. The van der Waals surface area contributed by atoms with Gasteiger partial charge in [0.25, 0.3) is 0 Å². The molecule has 4 heterocycles. The number of benzene rings is 6.